The van der Waals surface area contributed by atoms with Gasteiger partial charge in [0.25, 0.3) is 0 Å². The van der Waals surface area contributed by atoms with E-state index in [0.717, 1.165) is 18.7 Å². The summed E-state index contributed by atoms with van der Waals surface area (Å²) in [6.07, 6.45) is 0.970. The van der Waals surface area contributed by atoms with E-state index in [1.54, 1.807) is 11.3 Å². The Hall–Kier alpha value is -0.650. The van der Waals surface area contributed by atoms with E-state index in [1.165, 1.54) is 14.4 Å². The fourth-order valence-corrected chi connectivity index (χ4v) is 3.60. The first-order valence-corrected chi connectivity index (χ1v) is 7.69. The molecule has 98 valence electrons. The first-order chi connectivity index (χ1) is 8.60. The summed E-state index contributed by atoms with van der Waals surface area (Å²) < 4.78 is 3.16. The van der Waals surface area contributed by atoms with Gasteiger partial charge in [-0.2, -0.15) is 5.10 Å². The highest BCUT2D eigenvalue weighted by molar-refractivity contribution is 9.11. The van der Waals surface area contributed by atoms with Gasteiger partial charge in [0.2, 0.25) is 0 Å². The van der Waals surface area contributed by atoms with Gasteiger partial charge < -0.3 is 5.32 Å². The van der Waals surface area contributed by atoms with Gasteiger partial charge in [0.15, 0.2) is 0 Å². The number of aromatic nitrogens is 2. The van der Waals surface area contributed by atoms with E-state index < -0.39 is 0 Å². The van der Waals surface area contributed by atoms with Crippen LogP contribution in [0.4, 0.5) is 0 Å². The molecule has 0 saturated heterocycles. The number of nitrogens with one attached hydrogen (secondary N) is 1. The molecule has 0 aliphatic carbocycles. The van der Waals surface area contributed by atoms with Gasteiger partial charge in [-0.1, -0.05) is 6.92 Å². The number of aryl methyl sites for hydroxylation is 2. The van der Waals surface area contributed by atoms with Crippen LogP contribution in [0.5, 0.6) is 0 Å². The molecule has 0 bridgehead atoms. The van der Waals surface area contributed by atoms with Gasteiger partial charge in [-0.15, -0.1) is 11.3 Å². The maximum absolute atomic E-state index is 4.41. The van der Waals surface area contributed by atoms with E-state index in [-0.39, 0.29) is 0 Å². The van der Waals surface area contributed by atoms with Crippen molar-refractivity contribution in [1.29, 1.82) is 0 Å². The molecule has 1 N–H and O–H groups in total. The summed E-state index contributed by atoms with van der Waals surface area (Å²) in [5, 5.41) is 7.95. The Labute approximate surface area is 120 Å². The van der Waals surface area contributed by atoms with Crippen molar-refractivity contribution in [2.24, 2.45) is 7.05 Å². The van der Waals surface area contributed by atoms with Gasteiger partial charge >= 0.3 is 0 Å². The van der Waals surface area contributed by atoms with E-state index in [9.17, 15) is 0 Å². The molecule has 0 saturated carbocycles. The van der Waals surface area contributed by atoms with Crippen LogP contribution in [0.1, 0.15) is 29.2 Å². The molecule has 2 rings (SSSR count). The lowest BCUT2D eigenvalue weighted by Crippen LogP contribution is -2.23. The number of nitrogens with zero attached hydrogens (tertiary/aromatic N) is 2. The lowest BCUT2D eigenvalue weighted by Gasteiger charge is -2.16. The Morgan fingerprint density at radius 2 is 2.28 bits per heavy atom. The molecule has 0 amide bonds. The van der Waals surface area contributed by atoms with E-state index >= 15 is 0 Å². The highest BCUT2D eigenvalue weighted by Gasteiger charge is 2.15. The number of rotatable bonds is 5. The number of halogens is 1. The third-order valence-electron chi connectivity index (χ3n) is 2.90. The zero-order chi connectivity index (χ0) is 13.1. The Morgan fingerprint density at radius 3 is 2.78 bits per heavy atom. The van der Waals surface area contributed by atoms with Crippen molar-refractivity contribution in [1.82, 2.24) is 15.1 Å². The zero-order valence-electron chi connectivity index (χ0n) is 10.9. The Bertz CT molecular complexity index is 518. The molecule has 2 aromatic heterocycles. The fourth-order valence-electron chi connectivity index (χ4n) is 2.10. The minimum Gasteiger partial charge on any atom is -0.309 e. The molecular formula is C13H18BrN3S. The van der Waals surface area contributed by atoms with Gasteiger partial charge in [0.05, 0.1) is 9.48 Å². The minimum absolute atomic E-state index is 0.362. The third-order valence-corrected chi connectivity index (χ3v) is 4.64. The Kier molecular flexibility index (Phi) is 4.59. The summed E-state index contributed by atoms with van der Waals surface area (Å²) in [6.45, 7) is 5.15. The molecule has 0 aromatic carbocycles. The number of hydrogen-bond donors (Lipinski definition) is 1. The van der Waals surface area contributed by atoms with E-state index in [2.05, 4.69) is 51.5 Å². The first-order valence-electron chi connectivity index (χ1n) is 6.08. The van der Waals surface area contributed by atoms with Crippen LogP contribution in [0.15, 0.2) is 22.0 Å². The summed E-state index contributed by atoms with van der Waals surface area (Å²) in [5.74, 6) is 0. The molecule has 3 nitrogen and oxygen atoms in total. The van der Waals surface area contributed by atoms with Crippen LogP contribution >= 0.6 is 27.3 Å². The molecule has 18 heavy (non-hydrogen) atoms. The second kappa shape index (κ2) is 5.99. The van der Waals surface area contributed by atoms with Crippen LogP contribution in [0.2, 0.25) is 0 Å². The van der Waals surface area contributed by atoms with Crippen LogP contribution in [-0.4, -0.2) is 16.3 Å². The van der Waals surface area contributed by atoms with Crippen molar-refractivity contribution in [3.05, 3.63) is 38.3 Å². The van der Waals surface area contributed by atoms with Gasteiger partial charge in [0.1, 0.15) is 0 Å². The third kappa shape index (κ3) is 3.22. The average Bonchev–Trinajstić information content (AvgIpc) is 2.85. The largest absolute Gasteiger partial charge is 0.309 e. The Morgan fingerprint density at radius 1 is 1.50 bits per heavy atom. The standard InChI is InChI=1S/C13H18BrN3S/c1-4-15-11(12-5-6-13(14)18-12)8-10-7-9(2)16-17(10)3/h5-7,11,15H,4,8H2,1-3H3. The van der Waals surface area contributed by atoms with Crippen LogP contribution in [0, 0.1) is 6.92 Å². The molecule has 1 unspecified atom stereocenters. The summed E-state index contributed by atoms with van der Waals surface area (Å²) in [6, 6.07) is 6.82. The fraction of sp³-hybridized carbons (Fsp3) is 0.462. The monoisotopic (exact) mass is 327 g/mol. The molecule has 2 aromatic rings. The van der Waals surface area contributed by atoms with Gasteiger partial charge in [-0.3, -0.25) is 4.68 Å². The minimum atomic E-state index is 0.362. The predicted molar refractivity (Wildman–Crippen MR) is 80.1 cm³/mol. The van der Waals surface area contributed by atoms with Crippen LogP contribution < -0.4 is 5.32 Å². The molecular weight excluding hydrogens is 310 g/mol. The highest BCUT2D eigenvalue weighted by atomic mass is 79.9. The molecule has 0 aliphatic rings. The lowest BCUT2D eigenvalue weighted by atomic mass is 10.1. The van der Waals surface area contributed by atoms with Crippen molar-refractivity contribution in [3.63, 3.8) is 0 Å². The van der Waals surface area contributed by atoms with Crippen molar-refractivity contribution < 1.29 is 0 Å². The van der Waals surface area contributed by atoms with Crippen molar-refractivity contribution >= 4 is 27.3 Å². The van der Waals surface area contributed by atoms with Crippen molar-refractivity contribution in [2.75, 3.05) is 6.54 Å². The van der Waals surface area contributed by atoms with Gasteiger partial charge in [0, 0.05) is 30.1 Å². The van der Waals surface area contributed by atoms with Crippen LogP contribution in [-0.2, 0) is 13.5 Å². The second-order valence-corrected chi connectivity index (χ2v) is 6.85. The molecule has 0 aliphatic heterocycles. The van der Waals surface area contributed by atoms with E-state index in [1.807, 2.05) is 18.7 Å². The molecule has 0 spiro atoms. The molecule has 2 heterocycles. The normalized spacial score (nSPS) is 12.9. The summed E-state index contributed by atoms with van der Waals surface area (Å²) in [4.78, 5) is 1.36. The van der Waals surface area contributed by atoms with Crippen molar-refractivity contribution in [2.45, 2.75) is 26.3 Å². The quantitative estimate of drug-likeness (QED) is 0.911. The SMILES string of the molecule is CCNC(Cc1cc(C)nn1C)c1ccc(Br)s1. The summed E-state index contributed by atoms with van der Waals surface area (Å²) in [5.41, 5.74) is 2.35. The maximum atomic E-state index is 4.41. The smallest absolute Gasteiger partial charge is 0.0701 e. The first kappa shape index (κ1) is 13.8. The summed E-state index contributed by atoms with van der Waals surface area (Å²) >= 11 is 5.32. The van der Waals surface area contributed by atoms with Gasteiger partial charge in [-0.05, 0) is 47.6 Å². The molecule has 1 atom stereocenters. The number of hydrogen-bond acceptors (Lipinski definition) is 3. The molecule has 5 heteroatoms. The lowest BCUT2D eigenvalue weighted by molar-refractivity contribution is 0.536. The second-order valence-electron chi connectivity index (χ2n) is 4.36. The molecule has 0 radical (unpaired) electrons. The number of likely N-dealkylation sites (N-methyl/N-ethyl adjacent to an activating group) is 1. The van der Waals surface area contributed by atoms with Crippen molar-refractivity contribution in [3.8, 4) is 0 Å². The number of thiophene rings is 1. The Balaban J connectivity index is 2.18. The van der Waals surface area contributed by atoms with E-state index in [0.29, 0.717) is 6.04 Å². The average molecular weight is 328 g/mol. The topological polar surface area (TPSA) is 29.9 Å². The van der Waals surface area contributed by atoms with Gasteiger partial charge in [-0.25, -0.2) is 0 Å². The maximum Gasteiger partial charge on any atom is 0.0701 e. The summed E-state index contributed by atoms with van der Waals surface area (Å²) in [7, 11) is 2.01. The highest BCUT2D eigenvalue weighted by Crippen LogP contribution is 2.29. The zero-order valence-corrected chi connectivity index (χ0v) is 13.3. The molecule has 0 fully saturated rings. The van der Waals surface area contributed by atoms with Crippen LogP contribution in [0.3, 0.4) is 0 Å². The predicted octanol–water partition coefficient (Wildman–Crippen LogP) is 3.45. The van der Waals surface area contributed by atoms with Crippen LogP contribution in [0.25, 0.3) is 0 Å². The van der Waals surface area contributed by atoms with E-state index in [4.69, 9.17) is 0 Å².